The van der Waals surface area contributed by atoms with E-state index < -0.39 is 41.9 Å². The molecule has 0 radical (unpaired) electrons. The number of rotatable bonds is 10. The number of carbonyl (C=O) groups excluding carboxylic acids is 2. The molecule has 1 aliphatic rings. The Morgan fingerprint density at radius 3 is 2.26 bits per heavy atom. The van der Waals surface area contributed by atoms with Crippen LogP contribution < -0.4 is 5.32 Å². The number of esters is 1. The second-order valence-electron chi connectivity index (χ2n) is 8.35. The summed E-state index contributed by atoms with van der Waals surface area (Å²) >= 11 is 1.40. The van der Waals surface area contributed by atoms with Gasteiger partial charge in [-0.15, -0.1) is 11.8 Å². The van der Waals surface area contributed by atoms with Gasteiger partial charge in [0.25, 0.3) is 0 Å². The van der Waals surface area contributed by atoms with Crippen LogP contribution >= 0.6 is 11.8 Å². The Hall–Kier alpha value is -2.59. The Morgan fingerprint density at radius 1 is 1.00 bits per heavy atom. The van der Waals surface area contributed by atoms with E-state index in [-0.39, 0.29) is 19.3 Å². The Kier molecular flexibility index (Phi) is 10.4. The van der Waals surface area contributed by atoms with E-state index in [2.05, 4.69) is 5.32 Å². The number of amides is 1. The van der Waals surface area contributed by atoms with Crippen molar-refractivity contribution in [1.82, 2.24) is 5.32 Å². The molecule has 5 atom stereocenters. The number of ether oxygens (including phenoxy) is 4. The maximum atomic E-state index is 13.0. The Balaban J connectivity index is 1.91. The summed E-state index contributed by atoms with van der Waals surface area (Å²) in [5.74, 6) is 0.0888. The number of hydrogen-bond acceptors (Lipinski definition) is 8. The van der Waals surface area contributed by atoms with Crippen LogP contribution in [0.25, 0.3) is 0 Å². The normalized spacial score (nSPS) is 24.1. The van der Waals surface area contributed by atoms with Crippen LogP contribution in [0.15, 0.2) is 60.7 Å². The molecule has 2 aromatic rings. The van der Waals surface area contributed by atoms with Crippen molar-refractivity contribution in [2.75, 3.05) is 12.4 Å². The molecule has 3 rings (SSSR count). The molecule has 0 bridgehead atoms. The summed E-state index contributed by atoms with van der Waals surface area (Å²) < 4.78 is 24.0. The third kappa shape index (κ3) is 7.70. The topological polar surface area (TPSA) is 103 Å². The summed E-state index contributed by atoms with van der Waals surface area (Å²) in [6.45, 7) is 5.41. The maximum Gasteiger partial charge on any atom is 0.407 e. The molecule has 1 aliphatic heterocycles. The number of benzene rings is 2. The molecule has 1 heterocycles. The van der Waals surface area contributed by atoms with E-state index in [9.17, 15) is 14.7 Å². The lowest BCUT2D eigenvalue weighted by molar-refractivity contribution is -0.223. The number of hydrogen-bond donors (Lipinski definition) is 2. The number of aliphatic hydroxyl groups is 1. The predicted octanol–water partition coefficient (Wildman–Crippen LogP) is 3.77. The SMILES string of the molecule is CCS[C@@H]1O[C@H](CO)[C@@H](OCc2ccccc2)[C@H](OC(=O)NC(C)C)[C@H]1OC(=O)c1ccccc1. The number of aliphatic hydroxyl groups excluding tert-OH is 1. The van der Waals surface area contributed by atoms with Gasteiger partial charge in [-0.25, -0.2) is 9.59 Å². The molecule has 9 heteroatoms. The van der Waals surface area contributed by atoms with Crippen molar-refractivity contribution in [1.29, 1.82) is 0 Å². The summed E-state index contributed by atoms with van der Waals surface area (Å²) in [5, 5.41) is 12.8. The highest BCUT2D eigenvalue weighted by Gasteiger charge is 2.51. The fourth-order valence-corrected chi connectivity index (χ4v) is 4.66. The summed E-state index contributed by atoms with van der Waals surface area (Å²) in [7, 11) is 0. The summed E-state index contributed by atoms with van der Waals surface area (Å²) in [5.41, 5.74) is 0.597. The average Bonchev–Trinajstić information content (AvgIpc) is 2.85. The van der Waals surface area contributed by atoms with Crippen molar-refractivity contribution in [3.8, 4) is 0 Å². The average molecular weight is 504 g/mol. The van der Waals surface area contributed by atoms with Crippen molar-refractivity contribution in [2.45, 2.75) is 63.3 Å². The second-order valence-corrected chi connectivity index (χ2v) is 9.72. The second kappa shape index (κ2) is 13.5. The highest BCUT2D eigenvalue weighted by Crippen LogP contribution is 2.34. The molecule has 0 aliphatic carbocycles. The first-order chi connectivity index (χ1) is 16.9. The Bertz CT molecular complexity index is 928. The smallest absolute Gasteiger partial charge is 0.407 e. The van der Waals surface area contributed by atoms with Crippen molar-refractivity contribution in [2.24, 2.45) is 0 Å². The summed E-state index contributed by atoms with van der Waals surface area (Å²) in [6.07, 6.45) is -4.31. The Labute approximate surface area is 210 Å². The van der Waals surface area contributed by atoms with Crippen LogP contribution in [-0.4, -0.2) is 65.4 Å². The van der Waals surface area contributed by atoms with Gasteiger partial charge in [-0.3, -0.25) is 0 Å². The fraction of sp³-hybridized carbons (Fsp3) is 0.462. The number of carbonyl (C=O) groups is 2. The third-order valence-corrected chi connectivity index (χ3v) is 6.33. The van der Waals surface area contributed by atoms with Gasteiger partial charge >= 0.3 is 12.1 Å². The molecular formula is C26H33NO7S. The minimum absolute atomic E-state index is 0.161. The molecule has 0 aromatic heterocycles. The molecule has 1 amide bonds. The van der Waals surface area contributed by atoms with Crippen molar-refractivity contribution >= 4 is 23.8 Å². The van der Waals surface area contributed by atoms with Crippen LogP contribution in [-0.2, 0) is 25.6 Å². The van der Waals surface area contributed by atoms with Crippen LogP contribution in [0.5, 0.6) is 0 Å². The van der Waals surface area contributed by atoms with Gasteiger partial charge in [0.05, 0.1) is 18.8 Å². The van der Waals surface area contributed by atoms with Crippen molar-refractivity contribution in [3.05, 3.63) is 71.8 Å². The van der Waals surface area contributed by atoms with Crippen molar-refractivity contribution < 1.29 is 33.6 Å². The number of alkyl carbamates (subject to hydrolysis) is 1. The lowest BCUT2D eigenvalue weighted by atomic mass is 9.99. The molecule has 0 unspecified atom stereocenters. The van der Waals surface area contributed by atoms with Crippen LogP contribution in [0.4, 0.5) is 4.79 Å². The van der Waals surface area contributed by atoms with Gasteiger partial charge in [0, 0.05) is 6.04 Å². The molecule has 190 valence electrons. The van der Waals surface area contributed by atoms with E-state index in [0.29, 0.717) is 11.3 Å². The molecular weight excluding hydrogens is 470 g/mol. The zero-order valence-electron chi connectivity index (χ0n) is 20.2. The highest BCUT2D eigenvalue weighted by atomic mass is 32.2. The van der Waals surface area contributed by atoms with E-state index in [1.54, 1.807) is 30.3 Å². The van der Waals surface area contributed by atoms with Gasteiger partial charge in [-0.1, -0.05) is 55.5 Å². The Morgan fingerprint density at radius 2 is 1.66 bits per heavy atom. The summed E-state index contributed by atoms with van der Waals surface area (Å²) in [4.78, 5) is 25.6. The van der Waals surface area contributed by atoms with Crippen LogP contribution in [0.3, 0.4) is 0 Å². The van der Waals surface area contributed by atoms with E-state index in [0.717, 1.165) is 5.56 Å². The van der Waals surface area contributed by atoms with E-state index in [1.807, 2.05) is 51.1 Å². The van der Waals surface area contributed by atoms with Crippen LogP contribution in [0, 0.1) is 0 Å². The monoisotopic (exact) mass is 503 g/mol. The van der Waals surface area contributed by atoms with Gasteiger partial charge in [0.2, 0.25) is 0 Å². The van der Waals surface area contributed by atoms with Gasteiger partial charge in [0.1, 0.15) is 17.6 Å². The fourth-order valence-electron chi connectivity index (χ4n) is 3.71. The van der Waals surface area contributed by atoms with Crippen molar-refractivity contribution in [3.63, 3.8) is 0 Å². The zero-order valence-corrected chi connectivity index (χ0v) is 21.0. The minimum atomic E-state index is -1.01. The van der Waals surface area contributed by atoms with E-state index >= 15 is 0 Å². The van der Waals surface area contributed by atoms with Gasteiger partial charge in [-0.05, 0) is 37.3 Å². The largest absolute Gasteiger partial charge is 0.451 e. The first kappa shape index (κ1) is 27.0. The number of thioether (sulfide) groups is 1. The predicted molar refractivity (Wildman–Crippen MR) is 133 cm³/mol. The molecule has 0 spiro atoms. The van der Waals surface area contributed by atoms with E-state index in [1.165, 1.54) is 11.8 Å². The summed E-state index contributed by atoms with van der Waals surface area (Å²) in [6, 6.07) is 17.9. The van der Waals surface area contributed by atoms with Gasteiger partial charge in [-0.2, -0.15) is 0 Å². The van der Waals surface area contributed by atoms with Gasteiger partial charge in [0.15, 0.2) is 12.2 Å². The lowest BCUT2D eigenvalue weighted by Crippen LogP contribution is -2.61. The van der Waals surface area contributed by atoms with Gasteiger partial charge < -0.3 is 29.4 Å². The standard InChI is InChI=1S/C26H33NO7S/c1-4-35-25-23(33-24(29)19-13-9-6-10-14-19)22(34-26(30)27-17(2)3)21(20(15-28)32-25)31-16-18-11-7-5-8-12-18/h5-14,17,20-23,25,28H,4,15-16H2,1-3H3,(H,27,30)/t20-,21-,22+,23-,25+/m1/s1. The molecule has 2 N–H and O–H groups in total. The molecule has 1 fully saturated rings. The highest BCUT2D eigenvalue weighted by molar-refractivity contribution is 7.99. The molecule has 1 saturated heterocycles. The first-order valence-corrected chi connectivity index (χ1v) is 12.7. The number of nitrogens with one attached hydrogen (secondary N) is 1. The lowest BCUT2D eigenvalue weighted by Gasteiger charge is -2.44. The first-order valence-electron chi connectivity index (χ1n) is 11.7. The molecule has 2 aromatic carbocycles. The van der Waals surface area contributed by atoms with E-state index in [4.69, 9.17) is 18.9 Å². The van der Waals surface area contributed by atoms with Crippen LogP contribution in [0.2, 0.25) is 0 Å². The molecule has 8 nitrogen and oxygen atoms in total. The zero-order chi connectivity index (χ0) is 25.2. The minimum Gasteiger partial charge on any atom is -0.451 e. The quantitative estimate of drug-likeness (QED) is 0.473. The third-order valence-electron chi connectivity index (χ3n) is 5.29. The molecule has 0 saturated carbocycles. The maximum absolute atomic E-state index is 13.0. The van der Waals surface area contributed by atoms with Crippen LogP contribution in [0.1, 0.15) is 36.7 Å². The molecule has 35 heavy (non-hydrogen) atoms.